The minimum Gasteiger partial charge on any atom is -0.461 e. The molecule has 6 aromatic rings. The highest BCUT2D eigenvalue weighted by Gasteiger charge is 2.30. The van der Waals surface area contributed by atoms with E-state index in [0.29, 0.717) is 90.2 Å². The van der Waals surface area contributed by atoms with E-state index in [-0.39, 0.29) is 29.6 Å². The summed E-state index contributed by atoms with van der Waals surface area (Å²) in [6.45, 7) is 6.98. The maximum absolute atomic E-state index is 13.8. The first-order valence-corrected chi connectivity index (χ1v) is 24.8. The average molecular weight is 980 g/mol. The van der Waals surface area contributed by atoms with Crippen LogP contribution < -0.4 is 32.3 Å². The number of piperidine rings is 1. The summed E-state index contributed by atoms with van der Waals surface area (Å²) in [7, 11) is 0. The lowest BCUT2D eigenvalue weighted by atomic mass is 9.98. The largest absolute Gasteiger partial charge is 0.461 e. The highest BCUT2D eigenvalue weighted by Crippen LogP contribution is 2.43. The maximum Gasteiger partial charge on any atom is 0.274 e. The highest BCUT2D eigenvalue weighted by molar-refractivity contribution is 6.36. The minimum atomic E-state index is -0.318. The summed E-state index contributed by atoms with van der Waals surface area (Å²) in [5.74, 6) is 1.04. The van der Waals surface area contributed by atoms with Crippen LogP contribution in [0.1, 0.15) is 118 Å². The molecule has 9 rings (SSSR count). The predicted molar refractivity (Wildman–Crippen MR) is 273 cm³/mol. The van der Waals surface area contributed by atoms with Crippen molar-refractivity contribution in [2.75, 3.05) is 54.4 Å². The molecular weight excluding hydrogens is 920 g/mol. The lowest BCUT2D eigenvalue weighted by Gasteiger charge is -2.27. The van der Waals surface area contributed by atoms with E-state index in [0.717, 1.165) is 73.1 Å². The first-order chi connectivity index (χ1) is 34.7. The second-order valence-electron chi connectivity index (χ2n) is 18.2. The van der Waals surface area contributed by atoms with Crippen molar-refractivity contribution in [1.29, 1.82) is 0 Å². The van der Waals surface area contributed by atoms with Crippen molar-refractivity contribution in [1.82, 2.24) is 50.7 Å². The first kappa shape index (κ1) is 48.7. The highest BCUT2D eigenvalue weighted by atomic mass is 35.5. The fraction of sp³-hybridized carbons (Fsp3) is 0.365. The van der Waals surface area contributed by atoms with E-state index in [1.807, 2.05) is 55.6 Å². The SMILES string of the molecule is Cc1c(NC(=O)c2cc(C3CC3)c(CNCCNC(=O)CCCNc3ncn[nH]c(-c4ccco4)nc(N)n3)cn2)cccc1-c1cccc(NC(=O)c2cc(C3CC3)c(CN3CCCCC3)cn2)c1Cl. The first-order valence-electron chi connectivity index (χ1n) is 24.4. The molecule has 0 atom stereocenters. The number of nitrogen functional groups attached to an aromatic ring is 1. The summed E-state index contributed by atoms with van der Waals surface area (Å²) < 4.78 is 5.34. The van der Waals surface area contributed by atoms with Crippen molar-refractivity contribution in [3.05, 3.63) is 130 Å². The second kappa shape index (κ2) is 23.1. The zero-order chi connectivity index (χ0) is 49.1. The van der Waals surface area contributed by atoms with E-state index in [2.05, 4.69) is 66.6 Å². The average Bonchev–Trinajstić information content (AvgIpc) is 4.33. The predicted octanol–water partition coefficient (Wildman–Crippen LogP) is 8.32. The van der Waals surface area contributed by atoms with Crippen LogP contribution in [0.4, 0.5) is 23.3 Å². The van der Waals surface area contributed by atoms with E-state index in [1.165, 1.54) is 43.0 Å². The number of aromatic nitrogens is 7. The van der Waals surface area contributed by atoms with Gasteiger partial charge in [-0.25, -0.2) is 0 Å². The summed E-state index contributed by atoms with van der Waals surface area (Å²) in [6, 6.07) is 18.5. The topological polar surface area (TPSA) is 247 Å². The summed E-state index contributed by atoms with van der Waals surface area (Å²) >= 11 is 7.05. The van der Waals surface area contributed by atoms with Crippen LogP contribution in [0.2, 0.25) is 5.02 Å². The molecule has 2 saturated carbocycles. The third kappa shape index (κ3) is 12.9. The van der Waals surface area contributed by atoms with Crippen LogP contribution in [-0.2, 0) is 17.9 Å². The lowest BCUT2D eigenvalue weighted by molar-refractivity contribution is -0.121. The third-order valence-electron chi connectivity index (χ3n) is 12.9. The molecule has 3 aliphatic rings. The van der Waals surface area contributed by atoms with Gasteiger partial charge in [0.05, 0.1) is 17.0 Å². The number of hydrogen-bond acceptors (Lipinski definition) is 14. The molecule has 19 heteroatoms. The van der Waals surface area contributed by atoms with Crippen molar-refractivity contribution in [2.24, 2.45) is 0 Å². The number of H-pyrrole nitrogens is 1. The molecule has 3 amide bonds. The normalized spacial score (nSPS) is 14.6. The zero-order valence-corrected chi connectivity index (χ0v) is 40.5. The van der Waals surface area contributed by atoms with Crippen molar-refractivity contribution < 1.29 is 18.8 Å². The molecule has 4 aromatic heterocycles. The molecule has 0 spiro atoms. The second-order valence-corrected chi connectivity index (χ2v) is 18.6. The van der Waals surface area contributed by atoms with Crippen LogP contribution in [0.3, 0.4) is 0 Å². The Labute approximate surface area is 417 Å². The minimum absolute atomic E-state index is 0.0459. The van der Waals surface area contributed by atoms with Gasteiger partial charge in [0, 0.05) is 62.8 Å². The van der Waals surface area contributed by atoms with Gasteiger partial charge in [-0.2, -0.15) is 20.1 Å². The van der Waals surface area contributed by atoms with E-state index in [9.17, 15) is 14.4 Å². The fourth-order valence-corrected chi connectivity index (χ4v) is 9.12. The van der Waals surface area contributed by atoms with Crippen molar-refractivity contribution in [3.63, 3.8) is 0 Å². The van der Waals surface area contributed by atoms with Gasteiger partial charge in [-0.15, -0.1) is 0 Å². The van der Waals surface area contributed by atoms with Gasteiger partial charge < -0.3 is 36.7 Å². The van der Waals surface area contributed by atoms with Gasteiger partial charge in [0.1, 0.15) is 17.7 Å². The van der Waals surface area contributed by atoms with Gasteiger partial charge in [0.25, 0.3) is 11.8 Å². The number of nitrogens with zero attached hydrogens (tertiary/aromatic N) is 7. The molecule has 2 aromatic carbocycles. The molecule has 0 radical (unpaired) electrons. The molecule has 1 aliphatic heterocycles. The Hall–Kier alpha value is -7.28. The van der Waals surface area contributed by atoms with Crippen LogP contribution in [0.25, 0.3) is 22.7 Å². The number of halogens is 1. The number of carbonyl (C=O) groups excluding carboxylic acids is 3. The van der Waals surface area contributed by atoms with Gasteiger partial charge >= 0.3 is 0 Å². The monoisotopic (exact) mass is 978 g/mol. The zero-order valence-electron chi connectivity index (χ0n) is 39.8. The fourth-order valence-electron chi connectivity index (χ4n) is 8.84. The van der Waals surface area contributed by atoms with Crippen molar-refractivity contribution >= 4 is 52.6 Å². The van der Waals surface area contributed by atoms with Gasteiger partial charge in [-0.1, -0.05) is 42.3 Å². The Morgan fingerprint density at radius 1 is 0.803 bits per heavy atom. The molecular formula is C52H59ClN14O4. The summed E-state index contributed by atoms with van der Waals surface area (Å²) in [5.41, 5.74) is 14.7. The van der Waals surface area contributed by atoms with Crippen molar-refractivity contribution in [2.45, 2.75) is 89.6 Å². The number of nitrogens with one attached hydrogen (secondary N) is 6. The van der Waals surface area contributed by atoms with E-state index in [4.69, 9.17) is 21.8 Å². The molecule has 5 heterocycles. The molecule has 368 valence electrons. The Kier molecular flexibility index (Phi) is 15.8. The third-order valence-corrected chi connectivity index (χ3v) is 13.3. The Bertz CT molecular complexity index is 2910. The number of nitrogens with two attached hydrogens (primary N) is 1. The summed E-state index contributed by atoms with van der Waals surface area (Å²) in [4.78, 5) is 64.3. The van der Waals surface area contributed by atoms with Crippen molar-refractivity contribution in [3.8, 4) is 22.7 Å². The summed E-state index contributed by atoms with van der Waals surface area (Å²) in [5, 5.41) is 22.6. The van der Waals surface area contributed by atoms with E-state index >= 15 is 0 Å². The molecule has 1 saturated heterocycles. The molecule has 71 heavy (non-hydrogen) atoms. The number of hydrogen-bond donors (Lipinski definition) is 7. The number of benzene rings is 2. The van der Waals surface area contributed by atoms with Gasteiger partial charge in [-0.05, 0) is 147 Å². The number of likely N-dealkylation sites (tertiary alicyclic amines) is 1. The Balaban J connectivity index is 0.753. The smallest absolute Gasteiger partial charge is 0.274 e. The number of amides is 3. The number of pyridine rings is 2. The molecule has 8 N–H and O–H groups in total. The van der Waals surface area contributed by atoms with Gasteiger partial charge in [-0.3, -0.25) is 34.4 Å². The number of aromatic amines is 1. The van der Waals surface area contributed by atoms with Crippen LogP contribution in [0, 0.1) is 6.92 Å². The van der Waals surface area contributed by atoms with E-state index < -0.39 is 0 Å². The number of furan rings is 1. The Morgan fingerprint density at radius 3 is 2.21 bits per heavy atom. The van der Waals surface area contributed by atoms with Crippen LogP contribution in [0.15, 0.2) is 90.1 Å². The Morgan fingerprint density at radius 2 is 1.49 bits per heavy atom. The standard InChI is InChI=1S/C52H59ClN14O4/c1-32-37(38-10-6-12-42(47(38)53)63-50(70)44-26-40(34-17-18-34)36(29-59-44)30-67-22-3-2-4-23-67)9-5-11-41(32)62-49(69)43-25-39(33-15-16-33)35(28-58-43)27-55-20-21-56-46(68)14-7-19-57-52-60-31-61-66-48(64-51(54)65-52)45-13-8-24-71-45/h5-6,8-13,24-26,28-29,31,33-34,55H,2-4,7,14-23,27,30H2,1H3,(H,56,68)(H,62,69)(H,63,70)(H4,54,57,60,61,64,65,66). The molecule has 3 fully saturated rings. The molecule has 0 unspecified atom stereocenters. The van der Waals surface area contributed by atoms with Crippen LogP contribution in [0.5, 0.6) is 0 Å². The quantitative estimate of drug-likeness (QED) is 0.0356. The number of carbonyl (C=O) groups is 3. The van der Waals surface area contributed by atoms with Crippen LogP contribution >= 0.6 is 11.6 Å². The lowest BCUT2D eigenvalue weighted by Crippen LogP contribution is -2.32. The van der Waals surface area contributed by atoms with Gasteiger partial charge in [0.15, 0.2) is 11.6 Å². The summed E-state index contributed by atoms with van der Waals surface area (Å²) in [6.07, 6.45) is 15.4. The van der Waals surface area contributed by atoms with Gasteiger partial charge in [0.2, 0.25) is 17.8 Å². The molecule has 18 nitrogen and oxygen atoms in total. The maximum atomic E-state index is 13.8. The van der Waals surface area contributed by atoms with Crippen LogP contribution in [-0.4, -0.2) is 90.5 Å². The molecule has 2 aliphatic carbocycles. The number of anilines is 4. The molecule has 0 bridgehead atoms. The number of rotatable bonds is 20. The van der Waals surface area contributed by atoms with E-state index in [1.54, 1.807) is 24.4 Å².